The monoisotopic (exact) mass is 242 g/mol. The minimum Gasteiger partial charge on any atom is -0.377 e. The Morgan fingerprint density at radius 3 is 3.06 bits per heavy atom. The van der Waals surface area contributed by atoms with Crippen LogP contribution < -0.4 is 5.32 Å². The fourth-order valence-corrected chi connectivity index (χ4v) is 2.49. The molecule has 3 heteroatoms. The van der Waals surface area contributed by atoms with Crippen LogP contribution in [-0.2, 0) is 6.42 Å². The van der Waals surface area contributed by atoms with E-state index in [1.54, 1.807) is 13.0 Å². The maximum atomic E-state index is 13.2. The van der Waals surface area contributed by atoms with E-state index in [0.717, 1.165) is 24.2 Å². The summed E-state index contributed by atoms with van der Waals surface area (Å²) >= 11 is 0. The molecule has 0 radical (unpaired) electrons. The lowest BCUT2D eigenvalue weighted by Crippen LogP contribution is -2.08. The number of benzene rings is 1. The lowest BCUT2D eigenvalue weighted by Gasteiger charge is -2.15. The molecule has 0 aliphatic heterocycles. The second kappa shape index (κ2) is 4.41. The second-order valence-electron chi connectivity index (χ2n) is 4.75. The smallest absolute Gasteiger partial charge is 0.126 e. The van der Waals surface area contributed by atoms with E-state index < -0.39 is 0 Å². The average molecular weight is 242 g/mol. The highest BCUT2D eigenvalue weighted by molar-refractivity contribution is 5.49. The van der Waals surface area contributed by atoms with Crippen LogP contribution >= 0.6 is 0 Å². The van der Waals surface area contributed by atoms with Gasteiger partial charge in [-0.25, -0.2) is 4.39 Å². The Labute approximate surface area is 106 Å². The molecule has 1 unspecified atom stereocenters. The molecule has 0 fully saturated rings. The van der Waals surface area contributed by atoms with Crippen LogP contribution in [0.4, 0.5) is 10.1 Å². The first-order valence-electron chi connectivity index (χ1n) is 6.20. The van der Waals surface area contributed by atoms with Crippen molar-refractivity contribution in [1.29, 1.82) is 0 Å². The number of aryl methyl sites for hydroxylation is 2. The zero-order chi connectivity index (χ0) is 12.5. The van der Waals surface area contributed by atoms with Gasteiger partial charge in [0.2, 0.25) is 0 Å². The maximum Gasteiger partial charge on any atom is 0.126 e. The minimum absolute atomic E-state index is 0.162. The van der Waals surface area contributed by atoms with Crippen molar-refractivity contribution in [3.8, 4) is 0 Å². The highest BCUT2D eigenvalue weighted by Crippen LogP contribution is 2.32. The molecule has 1 heterocycles. The van der Waals surface area contributed by atoms with Gasteiger partial charge in [-0.1, -0.05) is 6.07 Å². The Kier molecular flexibility index (Phi) is 2.74. The Morgan fingerprint density at radius 1 is 1.33 bits per heavy atom. The molecular formula is C15H15FN2. The third-order valence-electron chi connectivity index (χ3n) is 3.46. The fraction of sp³-hybridized carbons (Fsp3) is 0.267. The summed E-state index contributed by atoms with van der Waals surface area (Å²) in [5.74, 6) is -0.162. The van der Waals surface area contributed by atoms with Crippen LogP contribution in [0.2, 0.25) is 0 Å². The maximum absolute atomic E-state index is 13.2. The van der Waals surface area contributed by atoms with Crippen molar-refractivity contribution in [2.45, 2.75) is 25.8 Å². The summed E-state index contributed by atoms with van der Waals surface area (Å²) < 4.78 is 13.2. The van der Waals surface area contributed by atoms with E-state index in [9.17, 15) is 4.39 Å². The van der Waals surface area contributed by atoms with Gasteiger partial charge in [-0.05, 0) is 55.2 Å². The van der Waals surface area contributed by atoms with E-state index in [0.29, 0.717) is 5.56 Å². The van der Waals surface area contributed by atoms with Gasteiger partial charge in [0.05, 0.1) is 11.7 Å². The quantitative estimate of drug-likeness (QED) is 0.869. The number of aromatic nitrogens is 1. The third-order valence-corrected chi connectivity index (χ3v) is 3.46. The summed E-state index contributed by atoms with van der Waals surface area (Å²) in [5, 5.41) is 3.44. The van der Waals surface area contributed by atoms with E-state index in [-0.39, 0.29) is 11.9 Å². The molecule has 1 aliphatic carbocycles. The number of fused-ring (bicyclic) bond motifs is 1. The highest BCUT2D eigenvalue weighted by atomic mass is 19.1. The van der Waals surface area contributed by atoms with Gasteiger partial charge in [0.15, 0.2) is 0 Å². The van der Waals surface area contributed by atoms with Crippen LogP contribution in [0, 0.1) is 12.7 Å². The van der Waals surface area contributed by atoms with Crippen molar-refractivity contribution in [2.75, 3.05) is 5.32 Å². The Bertz CT molecular complexity index is 580. The van der Waals surface area contributed by atoms with Crippen LogP contribution in [0.3, 0.4) is 0 Å². The van der Waals surface area contributed by atoms with Gasteiger partial charge in [-0.2, -0.15) is 0 Å². The van der Waals surface area contributed by atoms with E-state index >= 15 is 0 Å². The van der Waals surface area contributed by atoms with Gasteiger partial charge in [0.25, 0.3) is 0 Å². The third kappa shape index (κ3) is 1.96. The largest absolute Gasteiger partial charge is 0.377 e. The van der Waals surface area contributed by atoms with Crippen molar-refractivity contribution in [3.63, 3.8) is 0 Å². The van der Waals surface area contributed by atoms with E-state index in [1.165, 1.54) is 11.6 Å². The molecule has 2 aromatic rings. The summed E-state index contributed by atoms with van der Waals surface area (Å²) in [7, 11) is 0. The fourth-order valence-electron chi connectivity index (χ4n) is 2.49. The topological polar surface area (TPSA) is 24.9 Å². The molecule has 0 spiro atoms. The van der Waals surface area contributed by atoms with Crippen molar-refractivity contribution in [2.24, 2.45) is 0 Å². The molecule has 1 aromatic carbocycles. The van der Waals surface area contributed by atoms with Crippen molar-refractivity contribution in [1.82, 2.24) is 4.98 Å². The predicted molar refractivity (Wildman–Crippen MR) is 70.1 cm³/mol. The van der Waals surface area contributed by atoms with Crippen molar-refractivity contribution in [3.05, 3.63) is 59.2 Å². The number of hydrogen-bond acceptors (Lipinski definition) is 2. The lowest BCUT2D eigenvalue weighted by atomic mass is 10.1. The SMILES string of the molecule is Cc1cc(NC2CCc3cccnc32)ccc1F. The Balaban J connectivity index is 1.84. The normalized spacial score (nSPS) is 17.6. The first kappa shape index (κ1) is 11.2. The molecule has 0 saturated carbocycles. The van der Waals surface area contributed by atoms with Gasteiger partial charge in [0, 0.05) is 11.9 Å². The van der Waals surface area contributed by atoms with E-state index in [2.05, 4.69) is 16.4 Å². The molecule has 1 aromatic heterocycles. The van der Waals surface area contributed by atoms with Crippen LogP contribution in [0.15, 0.2) is 36.5 Å². The van der Waals surface area contributed by atoms with Crippen molar-refractivity contribution < 1.29 is 4.39 Å². The summed E-state index contributed by atoms with van der Waals surface area (Å²) in [5.41, 5.74) is 4.06. The van der Waals surface area contributed by atoms with Gasteiger partial charge < -0.3 is 5.32 Å². The standard InChI is InChI=1S/C15H15FN2/c1-10-9-12(5-6-13(10)16)18-14-7-4-11-3-2-8-17-15(11)14/h2-3,5-6,8-9,14,18H,4,7H2,1H3. The summed E-state index contributed by atoms with van der Waals surface area (Å²) in [6.45, 7) is 1.78. The number of halogens is 1. The van der Waals surface area contributed by atoms with Crippen LogP contribution in [0.5, 0.6) is 0 Å². The molecule has 0 saturated heterocycles. The minimum atomic E-state index is -0.162. The van der Waals surface area contributed by atoms with Crippen LogP contribution in [0.1, 0.15) is 29.3 Å². The zero-order valence-corrected chi connectivity index (χ0v) is 10.3. The first-order chi connectivity index (χ1) is 8.74. The molecule has 1 atom stereocenters. The molecule has 92 valence electrons. The van der Waals surface area contributed by atoms with E-state index in [1.807, 2.05) is 18.3 Å². The number of nitrogens with one attached hydrogen (secondary N) is 1. The molecule has 3 rings (SSSR count). The Morgan fingerprint density at radius 2 is 2.22 bits per heavy atom. The molecule has 2 nitrogen and oxygen atoms in total. The first-order valence-corrected chi connectivity index (χ1v) is 6.20. The van der Waals surface area contributed by atoms with Crippen LogP contribution in [-0.4, -0.2) is 4.98 Å². The van der Waals surface area contributed by atoms with Gasteiger partial charge in [-0.3, -0.25) is 4.98 Å². The predicted octanol–water partition coefficient (Wildman–Crippen LogP) is 3.63. The number of hydrogen-bond donors (Lipinski definition) is 1. The Hall–Kier alpha value is -1.90. The number of anilines is 1. The average Bonchev–Trinajstić information content (AvgIpc) is 2.78. The highest BCUT2D eigenvalue weighted by Gasteiger charge is 2.23. The molecule has 18 heavy (non-hydrogen) atoms. The molecular weight excluding hydrogens is 227 g/mol. The summed E-state index contributed by atoms with van der Waals surface area (Å²) in [6.07, 6.45) is 3.93. The summed E-state index contributed by atoms with van der Waals surface area (Å²) in [6, 6.07) is 9.47. The van der Waals surface area contributed by atoms with Gasteiger partial charge in [-0.15, -0.1) is 0 Å². The molecule has 0 bridgehead atoms. The number of rotatable bonds is 2. The number of nitrogens with zero attached hydrogens (tertiary/aromatic N) is 1. The zero-order valence-electron chi connectivity index (χ0n) is 10.3. The van der Waals surface area contributed by atoms with Gasteiger partial charge in [0.1, 0.15) is 5.82 Å². The van der Waals surface area contributed by atoms with Crippen LogP contribution in [0.25, 0.3) is 0 Å². The molecule has 1 N–H and O–H groups in total. The van der Waals surface area contributed by atoms with Crippen molar-refractivity contribution >= 4 is 5.69 Å². The molecule has 1 aliphatic rings. The second-order valence-corrected chi connectivity index (χ2v) is 4.75. The van der Waals surface area contributed by atoms with Gasteiger partial charge >= 0.3 is 0 Å². The summed E-state index contributed by atoms with van der Waals surface area (Å²) in [4.78, 5) is 4.44. The lowest BCUT2D eigenvalue weighted by molar-refractivity contribution is 0.618. The number of pyridine rings is 1. The molecule has 0 amide bonds. The van der Waals surface area contributed by atoms with E-state index in [4.69, 9.17) is 0 Å².